The third-order valence-electron chi connectivity index (χ3n) is 1.82. The Kier molecular flexibility index (Phi) is 1.75. The first-order chi connectivity index (χ1) is 5.45. The lowest BCUT2D eigenvalue weighted by atomic mass is 10.3. The molecule has 0 atom stereocenters. The van der Waals surface area contributed by atoms with Gasteiger partial charge in [0.25, 0.3) is 0 Å². The summed E-state index contributed by atoms with van der Waals surface area (Å²) in [5.41, 5.74) is 0. The zero-order valence-corrected chi connectivity index (χ0v) is 6.43. The van der Waals surface area contributed by atoms with Crippen LogP contribution in [0.2, 0.25) is 0 Å². The van der Waals surface area contributed by atoms with Crippen LogP contribution in [-0.2, 0) is 0 Å². The Hall–Kier alpha value is -1.06. The van der Waals surface area contributed by atoms with Crippen molar-refractivity contribution in [3.63, 3.8) is 0 Å². The molecule has 11 heavy (non-hydrogen) atoms. The lowest BCUT2D eigenvalue weighted by Crippen LogP contribution is -2.27. The van der Waals surface area contributed by atoms with Crippen molar-refractivity contribution in [2.75, 3.05) is 26.2 Å². The van der Waals surface area contributed by atoms with Crippen LogP contribution in [0.4, 0.5) is 0 Å². The highest BCUT2D eigenvalue weighted by molar-refractivity contribution is 6.03. The molecule has 0 aromatic carbocycles. The third kappa shape index (κ3) is 1.50. The standard InChI is InChI=1S/C7H12N4/c1-2-9-6(8-1)5-7-10-3-4-11-7/h1-5H2,(H,8,9)(H,10,11). The fourth-order valence-electron chi connectivity index (χ4n) is 1.29. The smallest absolute Gasteiger partial charge is 0.104 e. The summed E-state index contributed by atoms with van der Waals surface area (Å²) >= 11 is 0. The Morgan fingerprint density at radius 3 is 1.91 bits per heavy atom. The number of nitrogens with one attached hydrogen (secondary N) is 2. The summed E-state index contributed by atoms with van der Waals surface area (Å²) in [6, 6.07) is 0. The summed E-state index contributed by atoms with van der Waals surface area (Å²) in [4.78, 5) is 8.57. The van der Waals surface area contributed by atoms with Crippen molar-refractivity contribution in [1.82, 2.24) is 10.6 Å². The van der Waals surface area contributed by atoms with E-state index in [1.165, 1.54) is 0 Å². The molecule has 2 rings (SSSR count). The van der Waals surface area contributed by atoms with E-state index in [1.807, 2.05) is 0 Å². The molecule has 2 aliphatic rings. The zero-order chi connectivity index (χ0) is 7.52. The average molecular weight is 152 g/mol. The number of aliphatic imine (C=N–C) groups is 2. The van der Waals surface area contributed by atoms with Crippen molar-refractivity contribution in [3.05, 3.63) is 0 Å². The Morgan fingerprint density at radius 2 is 1.55 bits per heavy atom. The van der Waals surface area contributed by atoms with Crippen LogP contribution in [0.3, 0.4) is 0 Å². The third-order valence-corrected chi connectivity index (χ3v) is 1.82. The largest absolute Gasteiger partial charge is 0.372 e. The molecule has 0 saturated heterocycles. The van der Waals surface area contributed by atoms with E-state index in [2.05, 4.69) is 20.6 Å². The number of rotatable bonds is 2. The highest BCUT2D eigenvalue weighted by Crippen LogP contribution is 1.95. The van der Waals surface area contributed by atoms with Crippen molar-refractivity contribution >= 4 is 11.7 Å². The molecule has 4 nitrogen and oxygen atoms in total. The number of hydrogen-bond acceptors (Lipinski definition) is 4. The fourth-order valence-corrected chi connectivity index (χ4v) is 1.29. The van der Waals surface area contributed by atoms with E-state index in [9.17, 15) is 0 Å². The van der Waals surface area contributed by atoms with E-state index in [1.54, 1.807) is 0 Å². The van der Waals surface area contributed by atoms with Gasteiger partial charge in [-0.15, -0.1) is 0 Å². The number of nitrogens with zero attached hydrogens (tertiary/aromatic N) is 2. The Labute approximate surface area is 65.8 Å². The summed E-state index contributed by atoms with van der Waals surface area (Å²) in [6.45, 7) is 3.82. The summed E-state index contributed by atoms with van der Waals surface area (Å²) < 4.78 is 0. The first-order valence-electron chi connectivity index (χ1n) is 3.99. The first-order valence-corrected chi connectivity index (χ1v) is 3.99. The van der Waals surface area contributed by atoms with Crippen LogP contribution >= 0.6 is 0 Å². The molecule has 0 radical (unpaired) electrons. The second-order valence-corrected chi connectivity index (χ2v) is 2.69. The monoisotopic (exact) mass is 152 g/mol. The van der Waals surface area contributed by atoms with Gasteiger partial charge in [-0.2, -0.15) is 0 Å². The van der Waals surface area contributed by atoms with Gasteiger partial charge in [0.05, 0.1) is 19.5 Å². The average Bonchev–Trinajstić information content (AvgIpc) is 2.60. The van der Waals surface area contributed by atoms with E-state index >= 15 is 0 Å². The molecule has 0 bridgehead atoms. The molecular weight excluding hydrogens is 140 g/mol. The van der Waals surface area contributed by atoms with Crippen LogP contribution in [0.5, 0.6) is 0 Å². The van der Waals surface area contributed by atoms with Crippen LogP contribution < -0.4 is 10.6 Å². The fraction of sp³-hybridized carbons (Fsp3) is 0.714. The molecule has 2 N–H and O–H groups in total. The van der Waals surface area contributed by atoms with Gasteiger partial charge in [0, 0.05) is 13.1 Å². The van der Waals surface area contributed by atoms with Crippen LogP contribution in [0.25, 0.3) is 0 Å². The molecule has 2 heterocycles. The maximum absolute atomic E-state index is 4.28. The van der Waals surface area contributed by atoms with Gasteiger partial charge in [-0.1, -0.05) is 0 Å². The lowest BCUT2D eigenvalue weighted by Gasteiger charge is -2.01. The molecule has 0 aromatic heterocycles. The maximum atomic E-state index is 4.28. The number of hydrogen-bond donors (Lipinski definition) is 2. The minimum absolute atomic E-state index is 0.861. The molecule has 0 aromatic rings. The van der Waals surface area contributed by atoms with Crippen LogP contribution in [0, 0.1) is 0 Å². The normalized spacial score (nSPS) is 22.2. The maximum Gasteiger partial charge on any atom is 0.104 e. The predicted molar refractivity (Wildman–Crippen MR) is 45.2 cm³/mol. The minimum Gasteiger partial charge on any atom is -0.372 e. The van der Waals surface area contributed by atoms with Gasteiger partial charge < -0.3 is 10.6 Å². The molecule has 0 spiro atoms. The Bertz CT molecular complexity index is 184. The summed E-state index contributed by atoms with van der Waals surface area (Å²) in [5, 5.41) is 6.43. The van der Waals surface area contributed by atoms with Gasteiger partial charge in [-0.05, 0) is 0 Å². The van der Waals surface area contributed by atoms with Crippen molar-refractivity contribution in [2.45, 2.75) is 6.42 Å². The highest BCUT2D eigenvalue weighted by Gasteiger charge is 2.10. The van der Waals surface area contributed by atoms with Gasteiger partial charge in [0.2, 0.25) is 0 Å². The molecule has 0 amide bonds. The molecular formula is C7H12N4. The molecule has 0 fully saturated rings. The molecule has 60 valence electrons. The first kappa shape index (κ1) is 6.64. The van der Waals surface area contributed by atoms with Gasteiger partial charge in [0.15, 0.2) is 0 Å². The topological polar surface area (TPSA) is 48.8 Å². The molecule has 0 unspecified atom stereocenters. The van der Waals surface area contributed by atoms with E-state index in [-0.39, 0.29) is 0 Å². The second-order valence-electron chi connectivity index (χ2n) is 2.69. The van der Waals surface area contributed by atoms with E-state index < -0.39 is 0 Å². The summed E-state index contributed by atoms with van der Waals surface area (Å²) in [7, 11) is 0. The van der Waals surface area contributed by atoms with Crippen molar-refractivity contribution in [2.24, 2.45) is 9.98 Å². The SMILES string of the molecule is C1CNC(CC2=NCCN2)=N1. The highest BCUT2D eigenvalue weighted by atomic mass is 15.1. The van der Waals surface area contributed by atoms with Crippen molar-refractivity contribution in [1.29, 1.82) is 0 Å². The summed E-state index contributed by atoms with van der Waals surface area (Å²) in [6.07, 6.45) is 0.861. The quantitative estimate of drug-likeness (QED) is 0.554. The molecule has 2 aliphatic heterocycles. The van der Waals surface area contributed by atoms with Gasteiger partial charge >= 0.3 is 0 Å². The summed E-state index contributed by atoms with van der Waals surface area (Å²) in [5.74, 6) is 2.16. The van der Waals surface area contributed by atoms with E-state index in [0.717, 1.165) is 44.3 Å². The van der Waals surface area contributed by atoms with Crippen LogP contribution in [0.15, 0.2) is 9.98 Å². The Balaban J connectivity index is 1.89. The van der Waals surface area contributed by atoms with E-state index in [4.69, 9.17) is 0 Å². The molecule has 0 aliphatic carbocycles. The van der Waals surface area contributed by atoms with Gasteiger partial charge in [-0.3, -0.25) is 9.98 Å². The Morgan fingerprint density at radius 1 is 1.00 bits per heavy atom. The zero-order valence-electron chi connectivity index (χ0n) is 6.43. The predicted octanol–water partition coefficient (Wildman–Crippen LogP) is -0.620. The van der Waals surface area contributed by atoms with Gasteiger partial charge in [-0.25, -0.2) is 0 Å². The van der Waals surface area contributed by atoms with Crippen LogP contribution in [0.1, 0.15) is 6.42 Å². The van der Waals surface area contributed by atoms with Gasteiger partial charge in [0.1, 0.15) is 11.7 Å². The minimum atomic E-state index is 0.861. The second kappa shape index (κ2) is 2.90. The number of amidine groups is 2. The van der Waals surface area contributed by atoms with E-state index in [0.29, 0.717) is 0 Å². The van der Waals surface area contributed by atoms with Crippen LogP contribution in [-0.4, -0.2) is 37.9 Å². The molecule has 0 saturated carbocycles. The van der Waals surface area contributed by atoms with Crippen molar-refractivity contribution in [3.8, 4) is 0 Å². The van der Waals surface area contributed by atoms with Crippen molar-refractivity contribution < 1.29 is 0 Å². The lowest BCUT2D eigenvalue weighted by molar-refractivity contribution is 0.947. The molecule has 4 heteroatoms.